The smallest absolute Gasteiger partial charge is 0.168 e. The van der Waals surface area contributed by atoms with E-state index in [1.54, 1.807) is 18.3 Å². The summed E-state index contributed by atoms with van der Waals surface area (Å²) in [7, 11) is 0. The van der Waals surface area contributed by atoms with Gasteiger partial charge in [-0.15, -0.1) is 0 Å². The molecule has 170 valence electrons. The first-order valence-corrected chi connectivity index (χ1v) is 11.2. The van der Waals surface area contributed by atoms with Crippen LogP contribution in [-0.2, 0) is 0 Å². The predicted molar refractivity (Wildman–Crippen MR) is 124 cm³/mol. The van der Waals surface area contributed by atoms with Crippen LogP contribution in [0, 0.1) is 11.6 Å². The Labute approximate surface area is 188 Å². The first kappa shape index (κ1) is 22.4. The number of rotatable bonds is 5. The number of hydrogen-bond donors (Lipinski definition) is 2. The molecule has 0 saturated carbocycles. The number of benzene rings is 1. The van der Waals surface area contributed by atoms with Crippen LogP contribution in [0.5, 0.6) is 0 Å². The molecular weight excluding hydrogens is 408 g/mol. The zero-order valence-corrected chi connectivity index (χ0v) is 19.2. The van der Waals surface area contributed by atoms with Gasteiger partial charge < -0.3 is 10.2 Å². The Bertz CT molecular complexity index is 1060. The number of likely N-dealkylation sites (tertiary alicyclic amines) is 1. The molecule has 1 saturated heterocycles. The van der Waals surface area contributed by atoms with Gasteiger partial charge in [-0.25, -0.2) is 8.78 Å². The minimum absolute atomic E-state index is 0.0720. The molecule has 1 aromatic heterocycles. The second-order valence-electron chi connectivity index (χ2n) is 9.57. The van der Waals surface area contributed by atoms with Crippen molar-refractivity contribution in [2.24, 2.45) is 4.99 Å². The van der Waals surface area contributed by atoms with Crippen LogP contribution in [0.3, 0.4) is 0 Å². The molecule has 2 N–H and O–H groups in total. The summed E-state index contributed by atoms with van der Waals surface area (Å²) in [5.74, 6) is -1.77. The van der Waals surface area contributed by atoms with E-state index in [0.29, 0.717) is 17.3 Å². The minimum atomic E-state index is -0.887. The topological polar surface area (TPSA) is 56.3 Å². The molecule has 1 aromatic carbocycles. The van der Waals surface area contributed by atoms with E-state index in [1.807, 2.05) is 12.3 Å². The van der Waals surface area contributed by atoms with Crippen LogP contribution < -0.4 is 5.32 Å². The van der Waals surface area contributed by atoms with Gasteiger partial charge in [0, 0.05) is 65.9 Å². The number of allylic oxidation sites excluding steroid dienone is 2. The van der Waals surface area contributed by atoms with E-state index in [0.717, 1.165) is 43.6 Å². The average Bonchev–Trinajstić information content (AvgIpc) is 3.38. The Morgan fingerprint density at radius 3 is 2.62 bits per heavy atom. The van der Waals surface area contributed by atoms with Crippen molar-refractivity contribution in [1.82, 2.24) is 20.4 Å². The lowest BCUT2D eigenvalue weighted by molar-refractivity contribution is 0.343. The van der Waals surface area contributed by atoms with E-state index in [2.05, 4.69) is 53.1 Å². The molecule has 4 rings (SSSR count). The Hall–Kier alpha value is -2.80. The molecule has 0 radical (unpaired) electrons. The summed E-state index contributed by atoms with van der Waals surface area (Å²) < 4.78 is 29.9. The van der Waals surface area contributed by atoms with Gasteiger partial charge in [-0.05, 0) is 45.8 Å². The Morgan fingerprint density at radius 2 is 1.94 bits per heavy atom. The minimum Gasteiger partial charge on any atom is -0.372 e. The highest BCUT2D eigenvalue weighted by atomic mass is 19.2. The average molecular weight is 440 g/mol. The van der Waals surface area contributed by atoms with Crippen LogP contribution in [0.4, 0.5) is 8.78 Å². The van der Waals surface area contributed by atoms with Crippen LogP contribution in [-0.4, -0.2) is 45.5 Å². The van der Waals surface area contributed by atoms with Gasteiger partial charge in [0.05, 0.1) is 11.9 Å². The third-order valence-corrected chi connectivity index (χ3v) is 5.95. The molecule has 1 atom stereocenters. The number of nitrogens with one attached hydrogen (secondary N) is 2. The first-order chi connectivity index (χ1) is 15.2. The van der Waals surface area contributed by atoms with Crippen molar-refractivity contribution >= 4 is 5.71 Å². The van der Waals surface area contributed by atoms with Gasteiger partial charge in [-0.3, -0.25) is 10.1 Å². The molecule has 5 nitrogen and oxygen atoms in total. The summed E-state index contributed by atoms with van der Waals surface area (Å²) in [5.41, 5.74) is 3.67. The van der Waals surface area contributed by atoms with E-state index in [1.165, 1.54) is 6.20 Å². The zero-order chi connectivity index (χ0) is 22.9. The Morgan fingerprint density at radius 1 is 1.19 bits per heavy atom. The van der Waals surface area contributed by atoms with Gasteiger partial charge in [-0.1, -0.05) is 18.6 Å². The summed E-state index contributed by atoms with van der Waals surface area (Å²) in [5, 5.41) is 10.1. The van der Waals surface area contributed by atoms with Crippen molar-refractivity contribution in [2.45, 2.75) is 58.5 Å². The second-order valence-corrected chi connectivity index (χ2v) is 9.57. The normalized spacial score (nSPS) is 19.5. The molecule has 2 aliphatic heterocycles. The Kier molecular flexibility index (Phi) is 6.29. The lowest BCUT2D eigenvalue weighted by atomic mass is 9.99. The second kappa shape index (κ2) is 8.98. The number of aliphatic imine (C=N–C) groups is 1. The van der Waals surface area contributed by atoms with Gasteiger partial charge >= 0.3 is 0 Å². The highest BCUT2D eigenvalue weighted by Crippen LogP contribution is 2.29. The summed E-state index contributed by atoms with van der Waals surface area (Å²) in [4.78, 5) is 6.96. The largest absolute Gasteiger partial charge is 0.372 e. The standard InChI is InChI=1S/C25H31F2N5/c1-5-16-10-19(32-9-8-18(15-32)31-25(2,3)4)14-28-22(11-16)21-7-6-20(23(26)24(21)27)17-12-29-30-13-17/h6-7,11-14,18,31H,5,8-10,15H2,1-4H3,(H,29,30). The summed E-state index contributed by atoms with van der Waals surface area (Å²) in [6.07, 6.45) is 9.42. The summed E-state index contributed by atoms with van der Waals surface area (Å²) in [6.45, 7) is 10.5. The van der Waals surface area contributed by atoms with Crippen LogP contribution >= 0.6 is 0 Å². The molecule has 1 fully saturated rings. The molecule has 0 spiro atoms. The van der Waals surface area contributed by atoms with Crippen LogP contribution in [0.2, 0.25) is 0 Å². The molecule has 0 amide bonds. The molecule has 7 heteroatoms. The maximum absolute atomic E-state index is 15.1. The molecule has 0 bridgehead atoms. The van der Waals surface area contributed by atoms with Crippen molar-refractivity contribution in [1.29, 1.82) is 0 Å². The maximum Gasteiger partial charge on any atom is 0.168 e. The third kappa shape index (κ3) is 4.83. The van der Waals surface area contributed by atoms with E-state index < -0.39 is 11.6 Å². The van der Waals surface area contributed by atoms with E-state index in [9.17, 15) is 4.39 Å². The highest BCUT2D eigenvalue weighted by molar-refractivity contribution is 6.10. The fourth-order valence-electron chi connectivity index (χ4n) is 4.39. The van der Waals surface area contributed by atoms with E-state index in [-0.39, 0.29) is 16.7 Å². The summed E-state index contributed by atoms with van der Waals surface area (Å²) in [6, 6.07) is 3.61. The van der Waals surface area contributed by atoms with Gasteiger partial charge in [0.15, 0.2) is 11.6 Å². The molecule has 32 heavy (non-hydrogen) atoms. The van der Waals surface area contributed by atoms with Crippen LogP contribution in [0.25, 0.3) is 11.1 Å². The van der Waals surface area contributed by atoms with Gasteiger partial charge in [0.25, 0.3) is 0 Å². The lowest BCUT2D eigenvalue weighted by Gasteiger charge is -2.27. The van der Waals surface area contributed by atoms with Crippen molar-refractivity contribution in [3.8, 4) is 11.1 Å². The number of hydrogen-bond acceptors (Lipinski definition) is 4. The number of halogens is 2. The highest BCUT2D eigenvalue weighted by Gasteiger charge is 2.28. The molecule has 2 aromatic rings. The van der Waals surface area contributed by atoms with Crippen molar-refractivity contribution in [2.75, 3.05) is 13.1 Å². The van der Waals surface area contributed by atoms with Gasteiger partial charge in [0.2, 0.25) is 0 Å². The van der Waals surface area contributed by atoms with E-state index >= 15 is 4.39 Å². The van der Waals surface area contributed by atoms with Gasteiger partial charge in [0.1, 0.15) is 0 Å². The molecule has 0 aliphatic carbocycles. The predicted octanol–water partition coefficient (Wildman–Crippen LogP) is 5.19. The molecule has 1 unspecified atom stereocenters. The Balaban J connectivity index is 1.62. The van der Waals surface area contributed by atoms with Crippen molar-refractivity contribution in [3.63, 3.8) is 0 Å². The fraction of sp³-hybridized carbons (Fsp3) is 0.440. The number of aromatic amines is 1. The van der Waals surface area contributed by atoms with Crippen molar-refractivity contribution < 1.29 is 8.78 Å². The lowest BCUT2D eigenvalue weighted by Crippen LogP contribution is -2.44. The SMILES string of the molecule is CCC1=CC(c2ccc(-c3cn[nH]c3)c(F)c2F)=NC=C(N2CCC(NC(C)(C)C)C2)C1. The monoisotopic (exact) mass is 439 g/mol. The molecule has 3 heterocycles. The first-order valence-electron chi connectivity index (χ1n) is 11.2. The van der Waals surface area contributed by atoms with E-state index in [4.69, 9.17) is 0 Å². The van der Waals surface area contributed by atoms with Crippen LogP contribution in [0.1, 0.15) is 52.5 Å². The third-order valence-electron chi connectivity index (χ3n) is 5.95. The summed E-state index contributed by atoms with van der Waals surface area (Å²) >= 11 is 0. The molecule has 2 aliphatic rings. The number of H-pyrrole nitrogens is 1. The maximum atomic E-state index is 15.1. The molecular formula is C25H31F2N5. The van der Waals surface area contributed by atoms with Crippen molar-refractivity contribution in [3.05, 3.63) is 65.3 Å². The fourth-order valence-corrected chi connectivity index (χ4v) is 4.39. The van der Waals surface area contributed by atoms with Gasteiger partial charge in [-0.2, -0.15) is 5.10 Å². The van der Waals surface area contributed by atoms with Crippen LogP contribution in [0.15, 0.2) is 53.1 Å². The number of nitrogens with zero attached hydrogens (tertiary/aromatic N) is 3. The zero-order valence-electron chi connectivity index (χ0n) is 19.2. The quantitative estimate of drug-likeness (QED) is 0.674. The number of aromatic nitrogens is 2.